The predicted molar refractivity (Wildman–Crippen MR) is 106 cm³/mol. The quantitative estimate of drug-likeness (QED) is 0.365. The van der Waals surface area contributed by atoms with Crippen molar-refractivity contribution in [2.24, 2.45) is 0 Å². The van der Waals surface area contributed by atoms with Crippen LogP contribution in [0.15, 0.2) is 46.2 Å². The maximum Gasteiger partial charge on any atom is 0.319 e. The van der Waals surface area contributed by atoms with Gasteiger partial charge in [0, 0.05) is 15.5 Å². The number of aromatic hydroxyl groups is 2. The van der Waals surface area contributed by atoms with Crippen molar-refractivity contribution < 1.29 is 29.2 Å². The van der Waals surface area contributed by atoms with Gasteiger partial charge in [-0.15, -0.1) is 23.5 Å². The van der Waals surface area contributed by atoms with Gasteiger partial charge in [0.05, 0.1) is 14.2 Å². The van der Waals surface area contributed by atoms with E-state index < -0.39 is 5.25 Å². The van der Waals surface area contributed by atoms with Gasteiger partial charge >= 0.3 is 5.97 Å². The highest BCUT2D eigenvalue weighted by Crippen LogP contribution is 2.33. The Kier molecular flexibility index (Phi) is 7.99. The molecule has 2 aromatic rings. The summed E-state index contributed by atoms with van der Waals surface area (Å²) in [6, 6.07) is 10.0. The monoisotopic (exact) mass is 410 g/mol. The first-order valence-corrected chi connectivity index (χ1v) is 10.0. The van der Waals surface area contributed by atoms with Gasteiger partial charge in [0.25, 0.3) is 0 Å². The Balaban J connectivity index is 1.78. The van der Waals surface area contributed by atoms with Gasteiger partial charge in [0.1, 0.15) is 11.9 Å². The van der Waals surface area contributed by atoms with Crippen LogP contribution in [0, 0.1) is 0 Å². The van der Waals surface area contributed by atoms with E-state index in [4.69, 9.17) is 14.2 Å². The van der Waals surface area contributed by atoms with Gasteiger partial charge in [-0.3, -0.25) is 4.79 Å². The second kappa shape index (κ2) is 10.2. The lowest BCUT2D eigenvalue weighted by Crippen LogP contribution is -2.18. The third-order valence-corrected chi connectivity index (χ3v) is 5.57. The van der Waals surface area contributed by atoms with Crippen LogP contribution in [0.2, 0.25) is 0 Å². The number of phenols is 2. The molecule has 1 atom stereocenters. The molecule has 146 valence electrons. The number of carbonyl (C=O) groups is 1. The Labute approximate surface area is 166 Å². The van der Waals surface area contributed by atoms with Crippen molar-refractivity contribution in [3.63, 3.8) is 0 Å². The molecular formula is C19H22O6S2. The van der Waals surface area contributed by atoms with E-state index in [1.165, 1.54) is 43.8 Å². The van der Waals surface area contributed by atoms with Crippen molar-refractivity contribution in [1.29, 1.82) is 0 Å². The van der Waals surface area contributed by atoms with Crippen molar-refractivity contribution >= 4 is 29.5 Å². The van der Waals surface area contributed by atoms with Gasteiger partial charge in [-0.2, -0.15) is 0 Å². The van der Waals surface area contributed by atoms with Crippen LogP contribution in [0.3, 0.4) is 0 Å². The predicted octanol–water partition coefficient (Wildman–Crippen LogP) is 3.93. The molecule has 8 heteroatoms. The van der Waals surface area contributed by atoms with E-state index in [9.17, 15) is 15.0 Å². The lowest BCUT2D eigenvalue weighted by Gasteiger charge is -2.12. The molecule has 27 heavy (non-hydrogen) atoms. The smallest absolute Gasteiger partial charge is 0.319 e. The van der Waals surface area contributed by atoms with Crippen LogP contribution in [-0.2, 0) is 9.53 Å². The van der Waals surface area contributed by atoms with Crippen molar-refractivity contribution in [3.05, 3.63) is 36.4 Å². The number of hydrogen-bond acceptors (Lipinski definition) is 8. The summed E-state index contributed by atoms with van der Waals surface area (Å²) in [5.74, 6) is 1.19. The van der Waals surface area contributed by atoms with Crippen LogP contribution >= 0.6 is 23.5 Å². The fraction of sp³-hybridized carbons (Fsp3) is 0.316. The summed E-state index contributed by atoms with van der Waals surface area (Å²) in [5.41, 5.74) is 0. The van der Waals surface area contributed by atoms with Crippen molar-refractivity contribution in [3.8, 4) is 23.0 Å². The lowest BCUT2D eigenvalue weighted by atomic mass is 10.3. The third-order valence-electron chi connectivity index (χ3n) is 3.54. The second-order valence-electron chi connectivity index (χ2n) is 5.44. The van der Waals surface area contributed by atoms with Crippen LogP contribution in [0.1, 0.15) is 6.92 Å². The third kappa shape index (κ3) is 6.18. The molecule has 0 aromatic heterocycles. The number of ether oxygens (including phenoxy) is 3. The van der Waals surface area contributed by atoms with E-state index in [2.05, 4.69) is 0 Å². The van der Waals surface area contributed by atoms with Gasteiger partial charge < -0.3 is 24.4 Å². The fourth-order valence-electron chi connectivity index (χ4n) is 2.15. The van der Waals surface area contributed by atoms with Gasteiger partial charge in [-0.1, -0.05) is 0 Å². The minimum absolute atomic E-state index is 0.0555. The van der Waals surface area contributed by atoms with Crippen LogP contribution in [-0.4, -0.2) is 48.0 Å². The van der Waals surface area contributed by atoms with E-state index in [1.54, 1.807) is 37.3 Å². The average Bonchev–Trinajstić information content (AvgIpc) is 2.67. The van der Waals surface area contributed by atoms with Crippen LogP contribution < -0.4 is 9.47 Å². The highest BCUT2D eigenvalue weighted by molar-refractivity contribution is 8.00. The number of carbonyl (C=O) groups excluding carboxylic acids is 1. The number of hydrogen-bond donors (Lipinski definition) is 2. The highest BCUT2D eigenvalue weighted by Gasteiger charge is 2.17. The van der Waals surface area contributed by atoms with Gasteiger partial charge in [-0.05, 0) is 43.3 Å². The molecule has 2 aromatic carbocycles. The van der Waals surface area contributed by atoms with Gasteiger partial charge in [0.15, 0.2) is 23.0 Å². The molecule has 0 aliphatic carbocycles. The van der Waals surface area contributed by atoms with Gasteiger partial charge in [0.2, 0.25) is 0 Å². The summed E-state index contributed by atoms with van der Waals surface area (Å²) in [7, 11) is 2.97. The largest absolute Gasteiger partial charge is 0.504 e. The summed E-state index contributed by atoms with van der Waals surface area (Å²) in [6.07, 6.45) is 0. The Morgan fingerprint density at radius 2 is 1.56 bits per heavy atom. The zero-order valence-electron chi connectivity index (χ0n) is 15.3. The Morgan fingerprint density at radius 1 is 1.00 bits per heavy atom. The Bertz CT molecular complexity index is 781. The second-order valence-corrected chi connectivity index (χ2v) is 8.03. The normalized spacial score (nSPS) is 11.7. The number of phenolic OH excluding ortho intramolecular Hbond substituents is 2. The first-order chi connectivity index (χ1) is 12.9. The number of rotatable bonds is 9. The summed E-state index contributed by atoms with van der Waals surface area (Å²) in [4.78, 5) is 13.9. The maximum absolute atomic E-state index is 12.1. The van der Waals surface area contributed by atoms with E-state index in [0.717, 1.165) is 9.79 Å². The number of methoxy groups -OCH3 is 2. The molecule has 2 rings (SSSR count). The molecule has 0 aliphatic heterocycles. The van der Waals surface area contributed by atoms with Crippen LogP contribution in [0.25, 0.3) is 0 Å². The zero-order chi connectivity index (χ0) is 19.8. The van der Waals surface area contributed by atoms with Crippen molar-refractivity contribution in [2.45, 2.75) is 22.0 Å². The fourth-order valence-corrected chi connectivity index (χ4v) is 3.80. The molecule has 2 N–H and O–H groups in total. The molecule has 1 unspecified atom stereocenters. The summed E-state index contributed by atoms with van der Waals surface area (Å²) in [6.45, 7) is 2.04. The molecule has 0 aliphatic rings. The molecule has 0 saturated heterocycles. The van der Waals surface area contributed by atoms with Crippen molar-refractivity contribution in [2.75, 3.05) is 26.6 Å². The first kappa shape index (κ1) is 21.1. The first-order valence-electron chi connectivity index (χ1n) is 8.14. The van der Waals surface area contributed by atoms with E-state index >= 15 is 0 Å². The van der Waals surface area contributed by atoms with E-state index in [1.807, 2.05) is 0 Å². The van der Waals surface area contributed by atoms with Crippen LogP contribution in [0.5, 0.6) is 23.0 Å². The SMILES string of the molecule is COc1cc(SCCOC(=O)C(C)Sc2ccc(O)c(OC)c2)ccc1O. The zero-order valence-corrected chi connectivity index (χ0v) is 16.9. The Hall–Kier alpha value is -2.19. The summed E-state index contributed by atoms with van der Waals surface area (Å²) < 4.78 is 15.4. The lowest BCUT2D eigenvalue weighted by molar-refractivity contribution is -0.141. The molecule has 0 fully saturated rings. The minimum atomic E-state index is -0.391. The average molecular weight is 411 g/mol. The molecule has 0 radical (unpaired) electrons. The molecular weight excluding hydrogens is 388 g/mol. The van der Waals surface area contributed by atoms with Crippen LogP contribution in [0.4, 0.5) is 0 Å². The standard InChI is InChI=1S/C19H22O6S2/c1-12(27-14-5-7-16(21)18(11-14)24-3)19(22)25-8-9-26-13-4-6-15(20)17(10-13)23-2/h4-7,10-12,20-21H,8-9H2,1-3H3. The maximum atomic E-state index is 12.1. The highest BCUT2D eigenvalue weighted by atomic mass is 32.2. The molecule has 0 heterocycles. The number of thioether (sulfide) groups is 2. The molecule has 0 spiro atoms. The van der Waals surface area contributed by atoms with E-state index in [-0.39, 0.29) is 24.1 Å². The summed E-state index contributed by atoms with van der Waals surface area (Å²) in [5, 5.41) is 18.8. The van der Waals surface area contributed by atoms with Gasteiger partial charge in [-0.25, -0.2) is 0 Å². The topological polar surface area (TPSA) is 85.2 Å². The number of benzene rings is 2. The molecule has 6 nitrogen and oxygen atoms in total. The number of esters is 1. The minimum Gasteiger partial charge on any atom is -0.504 e. The van der Waals surface area contributed by atoms with E-state index in [0.29, 0.717) is 17.3 Å². The molecule has 0 amide bonds. The molecule has 0 saturated carbocycles. The molecule has 0 bridgehead atoms. The Morgan fingerprint density at radius 3 is 2.15 bits per heavy atom. The van der Waals surface area contributed by atoms with Crippen molar-refractivity contribution in [1.82, 2.24) is 0 Å². The summed E-state index contributed by atoms with van der Waals surface area (Å²) >= 11 is 2.84.